The largest absolute Gasteiger partial charge is 0.389 e. The van der Waals surface area contributed by atoms with Gasteiger partial charge in [-0.1, -0.05) is 13.0 Å². The molecule has 0 radical (unpaired) electrons. The van der Waals surface area contributed by atoms with Gasteiger partial charge >= 0.3 is 0 Å². The average Bonchev–Trinajstić information content (AvgIpc) is 2.00. The standard InChI is InChI=1S/C8H17NO/c1-3-5-6-8(10,4-2)7-9/h3,10H,1,4-7,9H2,2H3. The zero-order valence-corrected chi connectivity index (χ0v) is 6.64. The van der Waals surface area contributed by atoms with E-state index in [-0.39, 0.29) is 0 Å². The van der Waals surface area contributed by atoms with Crippen LogP contribution in [-0.4, -0.2) is 17.3 Å². The molecule has 2 nitrogen and oxygen atoms in total. The Morgan fingerprint density at radius 3 is 2.60 bits per heavy atom. The summed E-state index contributed by atoms with van der Waals surface area (Å²) in [5.41, 5.74) is 4.72. The van der Waals surface area contributed by atoms with Crippen molar-refractivity contribution in [2.24, 2.45) is 5.73 Å². The number of rotatable bonds is 5. The first kappa shape index (κ1) is 9.66. The van der Waals surface area contributed by atoms with E-state index in [4.69, 9.17) is 5.73 Å². The van der Waals surface area contributed by atoms with E-state index in [1.807, 2.05) is 6.92 Å². The van der Waals surface area contributed by atoms with E-state index in [9.17, 15) is 5.11 Å². The van der Waals surface area contributed by atoms with E-state index in [0.29, 0.717) is 6.54 Å². The lowest BCUT2D eigenvalue weighted by Gasteiger charge is -2.23. The van der Waals surface area contributed by atoms with Gasteiger partial charge in [0.25, 0.3) is 0 Å². The minimum absolute atomic E-state index is 0.345. The van der Waals surface area contributed by atoms with Crippen molar-refractivity contribution in [1.82, 2.24) is 0 Å². The number of hydrogen-bond donors (Lipinski definition) is 2. The van der Waals surface area contributed by atoms with Crippen molar-refractivity contribution in [3.63, 3.8) is 0 Å². The van der Waals surface area contributed by atoms with E-state index in [2.05, 4.69) is 6.58 Å². The molecular weight excluding hydrogens is 126 g/mol. The molecular formula is C8H17NO. The fourth-order valence-corrected chi connectivity index (χ4v) is 0.794. The highest BCUT2D eigenvalue weighted by Gasteiger charge is 2.20. The Kier molecular flexibility index (Phi) is 4.32. The van der Waals surface area contributed by atoms with Gasteiger partial charge in [0.15, 0.2) is 0 Å². The van der Waals surface area contributed by atoms with Crippen LogP contribution >= 0.6 is 0 Å². The molecule has 0 saturated heterocycles. The summed E-state index contributed by atoms with van der Waals surface area (Å²) in [7, 11) is 0. The third-order valence-corrected chi connectivity index (χ3v) is 1.85. The minimum atomic E-state index is -0.659. The van der Waals surface area contributed by atoms with Crippen LogP contribution in [-0.2, 0) is 0 Å². The first-order valence-electron chi connectivity index (χ1n) is 3.72. The van der Waals surface area contributed by atoms with Crippen LogP contribution in [0.4, 0.5) is 0 Å². The van der Waals surface area contributed by atoms with Crippen LogP contribution in [0, 0.1) is 0 Å². The number of hydrogen-bond acceptors (Lipinski definition) is 2. The molecule has 0 bridgehead atoms. The van der Waals surface area contributed by atoms with Gasteiger partial charge in [0, 0.05) is 6.54 Å². The van der Waals surface area contributed by atoms with Gasteiger partial charge in [-0.15, -0.1) is 6.58 Å². The van der Waals surface area contributed by atoms with Crippen LogP contribution < -0.4 is 5.73 Å². The second kappa shape index (κ2) is 4.47. The lowest BCUT2D eigenvalue weighted by Crippen LogP contribution is -2.36. The van der Waals surface area contributed by atoms with Gasteiger partial charge < -0.3 is 10.8 Å². The van der Waals surface area contributed by atoms with Crippen molar-refractivity contribution in [2.45, 2.75) is 31.8 Å². The van der Waals surface area contributed by atoms with Gasteiger partial charge in [0.2, 0.25) is 0 Å². The molecule has 0 aromatic heterocycles. The first-order valence-corrected chi connectivity index (χ1v) is 3.72. The van der Waals surface area contributed by atoms with Gasteiger partial charge in [0.05, 0.1) is 5.60 Å². The summed E-state index contributed by atoms with van der Waals surface area (Å²) >= 11 is 0. The van der Waals surface area contributed by atoms with Crippen molar-refractivity contribution >= 4 is 0 Å². The SMILES string of the molecule is C=CCCC(O)(CC)CN. The maximum Gasteiger partial charge on any atom is 0.0769 e. The Balaban J connectivity index is 3.68. The van der Waals surface area contributed by atoms with Gasteiger partial charge in [-0.2, -0.15) is 0 Å². The van der Waals surface area contributed by atoms with Crippen molar-refractivity contribution < 1.29 is 5.11 Å². The summed E-state index contributed by atoms with van der Waals surface area (Å²) < 4.78 is 0. The maximum atomic E-state index is 9.59. The molecule has 0 aromatic rings. The molecule has 3 N–H and O–H groups in total. The Morgan fingerprint density at radius 2 is 2.30 bits per heavy atom. The van der Waals surface area contributed by atoms with E-state index < -0.39 is 5.60 Å². The molecule has 0 aliphatic carbocycles. The molecule has 0 aliphatic heterocycles. The third kappa shape index (κ3) is 2.99. The summed E-state index contributed by atoms with van der Waals surface area (Å²) in [6, 6.07) is 0. The topological polar surface area (TPSA) is 46.2 Å². The Morgan fingerprint density at radius 1 is 1.70 bits per heavy atom. The molecule has 0 heterocycles. The summed E-state index contributed by atoms with van der Waals surface area (Å²) in [6.07, 6.45) is 4.08. The second-order valence-corrected chi connectivity index (χ2v) is 2.61. The van der Waals surface area contributed by atoms with Crippen molar-refractivity contribution in [1.29, 1.82) is 0 Å². The Labute approximate surface area is 62.7 Å². The lowest BCUT2D eigenvalue weighted by atomic mass is 9.95. The lowest BCUT2D eigenvalue weighted by molar-refractivity contribution is 0.0374. The molecule has 0 fully saturated rings. The molecule has 2 heteroatoms. The monoisotopic (exact) mass is 143 g/mol. The van der Waals surface area contributed by atoms with Gasteiger partial charge in [-0.05, 0) is 19.3 Å². The van der Waals surface area contributed by atoms with Gasteiger partial charge in [0.1, 0.15) is 0 Å². The highest BCUT2D eigenvalue weighted by Crippen LogP contribution is 2.15. The Hall–Kier alpha value is -0.340. The van der Waals surface area contributed by atoms with Crippen LogP contribution in [0.2, 0.25) is 0 Å². The van der Waals surface area contributed by atoms with Crippen molar-refractivity contribution in [3.8, 4) is 0 Å². The Bertz CT molecular complexity index is 97.4. The molecule has 0 spiro atoms. The number of allylic oxidation sites excluding steroid dienone is 1. The number of nitrogens with two attached hydrogens (primary N) is 1. The molecule has 0 aliphatic rings. The zero-order chi connectivity index (χ0) is 8.04. The first-order chi connectivity index (χ1) is 4.68. The van der Waals surface area contributed by atoms with E-state index >= 15 is 0 Å². The normalized spacial score (nSPS) is 16.3. The fourth-order valence-electron chi connectivity index (χ4n) is 0.794. The summed E-state index contributed by atoms with van der Waals surface area (Å²) in [5.74, 6) is 0. The van der Waals surface area contributed by atoms with Crippen LogP contribution in [0.5, 0.6) is 0 Å². The number of aliphatic hydroxyl groups is 1. The zero-order valence-electron chi connectivity index (χ0n) is 6.64. The molecule has 0 aromatic carbocycles. The molecule has 0 amide bonds. The highest BCUT2D eigenvalue weighted by molar-refractivity contribution is 4.81. The third-order valence-electron chi connectivity index (χ3n) is 1.85. The minimum Gasteiger partial charge on any atom is -0.389 e. The molecule has 1 atom stereocenters. The smallest absolute Gasteiger partial charge is 0.0769 e. The van der Waals surface area contributed by atoms with E-state index in [1.165, 1.54) is 0 Å². The molecule has 0 rings (SSSR count). The predicted molar refractivity (Wildman–Crippen MR) is 43.7 cm³/mol. The molecule has 1 unspecified atom stereocenters. The van der Waals surface area contributed by atoms with Crippen molar-refractivity contribution in [3.05, 3.63) is 12.7 Å². The average molecular weight is 143 g/mol. The van der Waals surface area contributed by atoms with Crippen LogP contribution in [0.25, 0.3) is 0 Å². The molecule has 10 heavy (non-hydrogen) atoms. The summed E-state index contributed by atoms with van der Waals surface area (Å²) in [5, 5.41) is 9.59. The van der Waals surface area contributed by atoms with E-state index in [1.54, 1.807) is 6.08 Å². The quantitative estimate of drug-likeness (QED) is 0.565. The predicted octanol–water partition coefficient (Wildman–Crippen LogP) is 1.05. The maximum absolute atomic E-state index is 9.59. The van der Waals surface area contributed by atoms with Crippen LogP contribution in [0.15, 0.2) is 12.7 Å². The van der Waals surface area contributed by atoms with E-state index in [0.717, 1.165) is 19.3 Å². The fraction of sp³-hybridized carbons (Fsp3) is 0.750. The summed E-state index contributed by atoms with van der Waals surface area (Å²) in [6.45, 7) is 5.87. The second-order valence-electron chi connectivity index (χ2n) is 2.61. The van der Waals surface area contributed by atoms with Crippen LogP contribution in [0.3, 0.4) is 0 Å². The molecule has 0 saturated carbocycles. The van der Waals surface area contributed by atoms with Crippen LogP contribution in [0.1, 0.15) is 26.2 Å². The molecule has 60 valence electrons. The van der Waals surface area contributed by atoms with Gasteiger partial charge in [-0.3, -0.25) is 0 Å². The van der Waals surface area contributed by atoms with Gasteiger partial charge in [-0.25, -0.2) is 0 Å². The highest BCUT2D eigenvalue weighted by atomic mass is 16.3. The van der Waals surface area contributed by atoms with Crippen molar-refractivity contribution in [2.75, 3.05) is 6.54 Å². The summed E-state index contributed by atoms with van der Waals surface area (Å²) in [4.78, 5) is 0.